The molecule has 9 heteroatoms. The summed E-state index contributed by atoms with van der Waals surface area (Å²) >= 11 is 0. The molecule has 1 atom stereocenters. The topological polar surface area (TPSA) is 77.0 Å². The third kappa shape index (κ3) is 5.90. The predicted octanol–water partition coefficient (Wildman–Crippen LogP) is 3.33. The van der Waals surface area contributed by atoms with Gasteiger partial charge in [0.25, 0.3) is 5.92 Å². The Morgan fingerprint density at radius 3 is 2.71 bits per heavy atom. The van der Waals surface area contributed by atoms with Gasteiger partial charge >= 0.3 is 0 Å². The largest absolute Gasteiger partial charge is 0.490 e. The number of nitrogens with zero attached hydrogens (tertiary/aromatic N) is 3. The number of amides is 1. The van der Waals surface area contributed by atoms with Crippen LogP contribution in [-0.4, -0.2) is 39.3 Å². The second-order valence-corrected chi connectivity index (χ2v) is 6.76. The number of aromatic nitrogens is 3. The van der Waals surface area contributed by atoms with Crippen molar-refractivity contribution in [2.24, 2.45) is 0 Å². The molecule has 2 aromatic rings. The first-order valence-electron chi connectivity index (χ1n) is 8.88. The van der Waals surface area contributed by atoms with E-state index in [1.54, 1.807) is 24.3 Å². The van der Waals surface area contributed by atoms with E-state index in [4.69, 9.17) is 4.74 Å². The summed E-state index contributed by atoms with van der Waals surface area (Å²) < 4.78 is 44.0. The maximum Gasteiger partial charge on any atom is 0.255 e. The normalized spacial score (nSPS) is 16.9. The molecule has 1 fully saturated rings. The molecular formula is C19H20F3N4O2. The van der Waals surface area contributed by atoms with Gasteiger partial charge in [0.05, 0.1) is 17.8 Å². The number of hydrogen-bond donors (Lipinski definition) is 1. The number of nitrogens with one attached hydrogen (secondary N) is 1. The standard InChI is InChI=1S/C19H20F3N4O2/c1-12(20)2-3-13-4-5-17(26-25-13)24-18(27)9-14-8-15(6-7-23-14)28-16-10-19(21,22)11-16/h4-8,12,16H,1-3,9-11H2,(H,24,26,27)/t12-/m1/s1. The summed E-state index contributed by atoms with van der Waals surface area (Å²) in [7, 11) is 0. The van der Waals surface area contributed by atoms with Crippen molar-refractivity contribution in [3.05, 3.63) is 48.8 Å². The minimum absolute atomic E-state index is 0.0352. The fourth-order valence-corrected chi connectivity index (χ4v) is 2.72. The predicted molar refractivity (Wildman–Crippen MR) is 95.8 cm³/mol. The summed E-state index contributed by atoms with van der Waals surface area (Å²) in [6.45, 7) is 3.27. The van der Waals surface area contributed by atoms with Crippen molar-refractivity contribution in [3.63, 3.8) is 0 Å². The molecule has 1 aliphatic carbocycles. The number of carbonyl (C=O) groups is 1. The minimum Gasteiger partial charge on any atom is -0.490 e. The second kappa shape index (κ2) is 8.53. The molecule has 3 rings (SSSR count). The van der Waals surface area contributed by atoms with Gasteiger partial charge in [-0.05, 0) is 38.0 Å². The first-order valence-corrected chi connectivity index (χ1v) is 8.88. The van der Waals surface area contributed by atoms with E-state index < -0.39 is 18.2 Å². The van der Waals surface area contributed by atoms with Crippen molar-refractivity contribution >= 4 is 11.7 Å². The lowest BCUT2D eigenvalue weighted by Gasteiger charge is -2.34. The Balaban J connectivity index is 1.50. The molecule has 0 bridgehead atoms. The maximum atomic E-state index is 12.9. The van der Waals surface area contributed by atoms with Crippen LogP contribution < -0.4 is 10.1 Å². The van der Waals surface area contributed by atoms with Gasteiger partial charge in [-0.15, -0.1) is 5.10 Å². The van der Waals surface area contributed by atoms with Gasteiger partial charge in [0, 0.05) is 25.1 Å². The van der Waals surface area contributed by atoms with Crippen LogP contribution in [0.2, 0.25) is 0 Å². The summed E-state index contributed by atoms with van der Waals surface area (Å²) in [5.41, 5.74) is 1.05. The number of anilines is 1. The van der Waals surface area contributed by atoms with Crippen molar-refractivity contribution in [2.75, 3.05) is 5.32 Å². The lowest BCUT2D eigenvalue weighted by atomic mass is 9.91. The van der Waals surface area contributed by atoms with Crippen LogP contribution in [0.4, 0.5) is 19.0 Å². The van der Waals surface area contributed by atoms with Gasteiger partial charge in [0.15, 0.2) is 5.82 Å². The Labute approximate surface area is 160 Å². The average Bonchev–Trinajstić information content (AvgIpc) is 2.60. The number of carbonyl (C=O) groups excluding carboxylic acids is 1. The number of aryl methyl sites for hydroxylation is 1. The maximum absolute atomic E-state index is 12.9. The van der Waals surface area contributed by atoms with E-state index in [1.165, 1.54) is 6.20 Å². The molecule has 2 aromatic heterocycles. The van der Waals surface area contributed by atoms with E-state index >= 15 is 0 Å². The molecule has 1 aliphatic rings. The van der Waals surface area contributed by atoms with Crippen LogP contribution in [-0.2, 0) is 17.6 Å². The molecule has 1 amide bonds. The van der Waals surface area contributed by atoms with Gasteiger partial charge in [-0.2, -0.15) is 5.10 Å². The summed E-state index contributed by atoms with van der Waals surface area (Å²) in [4.78, 5) is 16.2. The van der Waals surface area contributed by atoms with Gasteiger partial charge < -0.3 is 10.1 Å². The van der Waals surface area contributed by atoms with Crippen LogP contribution in [0.15, 0.2) is 30.5 Å². The molecule has 0 aliphatic heterocycles. The van der Waals surface area contributed by atoms with Crippen molar-refractivity contribution in [2.45, 2.75) is 50.3 Å². The Bertz CT molecular complexity index is 807. The Morgan fingerprint density at radius 2 is 2.07 bits per heavy atom. The van der Waals surface area contributed by atoms with E-state index in [0.29, 0.717) is 23.6 Å². The smallest absolute Gasteiger partial charge is 0.255 e. The first kappa shape index (κ1) is 20.0. The quantitative estimate of drug-likeness (QED) is 0.744. The van der Waals surface area contributed by atoms with Crippen molar-refractivity contribution < 1.29 is 22.7 Å². The summed E-state index contributed by atoms with van der Waals surface area (Å²) in [6, 6.07) is 6.36. The third-order valence-electron chi connectivity index (χ3n) is 4.19. The lowest BCUT2D eigenvalue weighted by Crippen LogP contribution is -2.43. The molecule has 1 radical (unpaired) electrons. The van der Waals surface area contributed by atoms with Crippen molar-refractivity contribution in [1.82, 2.24) is 15.2 Å². The lowest BCUT2D eigenvalue weighted by molar-refractivity contribution is -0.134. The molecule has 0 unspecified atom stereocenters. The molecule has 0 aromatic carbocycles. The highest BCUT2D eigenvalue weighted by molar-refractivity contribution is 5.91. The van der Waals surface area contributed by atoms with Crippen LogP contribution in [0.5, 0.6) is 5.75 Å². The minimum atomic E-state index is -2.65. The van der Waals surface area contributed by atoms with Crippen LogP contribution in [0.25, 0.3) is 0 Å². The second-order valence-electron chi connectivity index (χ2n) is 6.76. The number of pyridine rings is 1. The SMILES string of the molecule is [CH2][C@@H](F)CCc1ccc(NC(=O)Cc2cc(OC3CC(F)(F)C3)ccn2)nn1. The fourth-order valence-electron chi connectivity index (χ4n) is 2.72. The Hall–Kier alpha value is -2.71. The molecule has 0 saturated heterocycles. The zero-order chi connectivity index (χ0) is 20.1. The highest BCUT2D eigenvalue weighted by Crippen LogP contribution is 2.39. The Kier molecular flexibility index (Phi) is 6.11. The van der Waals surface area contributed by atoms with E-state index in [2.05, 4.69) is 27.4 Å². The fraction of sp³-hybridized carbons (Fsp3) is 0.421. The van der Waals surface area contributed by atoms with E-state index in [1.807, 2.05) is 0 Å². The van der Waals surface area contributed by atoms with E-state index in [0.717, 1.165) is 0 Å². The number of ether oxygens (including phenoxy) is 1. The molecule has 0 spiro atoms. The van der Waals surface area contributed by atoms with E-state index in [-0.39, 0.29) is 37.4 Å². The average molecular weight is 393 g/mol. The summed E-state index contributed by atoms with van der Waals surface area (Å²) in [6.07, 6.45) is -0.200. The van der Waals surface area contributed by atoms with Crippen LogP contribution >= 0.6 is 0 Å². The third-order valence-corrected chi connectivity index (χ3v) is 4.19. The Morgan fingerprint density at radius 1 is 1.29 bits per heavy atom. The number of rotatable bonds is 8. The highest BCUT2D eigenvalue weighted by atomic mass is 19.3. The van der Waals surface area contributed by atoms with Crippen molar-refractivity contribution in [1.29, 1.82) is 0 Å². The summed E-state index contributed by atoms with van der Waals surface area (Å²) in [5, 5.41) is 10.4. The van der Waals surface area contributed by atoms with Crippen LogP contribution in [0, 0.1) is 6.92 Å². The first-order chi connectivity index (χ1) is 13.3. The van der Waals surface area contributed by atoms with Crippen LogP contribution in [0.3, 0.4) is 0 Å². The molecule has 6 nitrogen and oxygen atoms in total. The monoisotopic (exact) mass is 393 g/mol. The van der Waals surface area contributed by atoms with Gasteiger partial charge in [-0.3, -0.25) is 9.78 Å². The highest BCUT2D eigenvalue weighted by Gasteiger charge is 2.47. The molecule has 149 valence electrons. The van der Waals surface area contributed by atoms with E-state index in [9.17, 15) is 18.0 Å². The van der Waals surface area contributed by atoms with Gasteiger partial charge in [-0.1, -0.05) is 0 Å². The molecular weight excluding hydrogens is 373 g/mol. The zero-order valence-corrected chi connectivity index (χ0v) is 15.1. The van der Waals surface area contributed by atoms with Gasteiger partial charge in [0.1, 0.15) is 18.0 Å². The van der Waals surface area contributed by atoms with Crippen LogP contribution in [0.1, 0.15) is 30.7 Å². The molecule has 1 saturated carbocycles. The zero-order valence-electron chi connectivity index (χ0n) is 15.1. The van der Waals surface area contributed by atoms with Gasteiger partial charge in [-0.25, -0.2) is 13.2 Å². The number of hydrogen-bond acceptors (Lipinski definition) is 5. The summed E-state index contributed by atoms with van der Waals surface area (Å²) in [5.74, 6) is -2.34. The molecule has 2 heterocycles. The molecule has 28 heavy (non-hydrogen) atoms. The molecule has 1 N–H and O–H groups in total. The van der Waals surface area contributed by atoms with Crippen molar-refractivity contribution in [3.8, 4) is 5.75 Å². The number of alkyl halides is 3. The number of halogens is 3. The van der Waals surface area contributed by atoms with Gasteiger partial charge in [0.2, 0.25) is 5.91 Å².